The van der Waals surface area contributed by atoms with Crippen LogP contribution in [0.4, 0.5) is 0 Å². The van der Waals surface area contributed by atoms with E-state index >= 15 is 0 Å². The lowest BCUT2D eigenvalue weighted by atomic mass is 9.88. The topological polar surface area (TPSA) is 0 Å². The van der Waals surface area contributed by atoms with Crippen LogP contribution < -0.4 is 0 Å². The van der Waals surface area contributed by atoms with E-state index in [1.165, 1.54) is 35.1 Å². The maximum absolute atomic E-state index is 2.30. The molecule has 100 valence electrons. The maximum atomic E-state index is 2.30. The summed E-state index contributed by atoms with van der Waals surface area (Å²) < 4.78 is 0. The Morgan fingerprint density at radius 3 is 1.79 bits per heavy atom. The predicted octanol–water partition coefficient (Wildman–Crippen LogP) is 5.49. The fourth-order valence-corrected chi connectivity index (χ4v) is 2.67. The van der Waals surface area contributed by atoms with Crippen LogP contribution in [0.15, 0.2) is 48.5 Å². The third kappa shape index (κ3) is 3.47. The lowest BCUT2D eigenvalue weighted by Crippen LogP contribution is -2.00. The molecule has 1 atom stereocenters. The molecule has 0 N–H and O–H groups in total. The molecular formula is C19H24. The molecule has 0 amide bonds. The summed E-state index contributed by atoms with van der Waals surface area (Å²) in [4.78, 5) is 0. The van der Waals surface area contributed by atoms with Crippen molar-refractivity contribution in [1.82, 2.24) is 0 Å². The first kappa shape index (κ1) is 13.9. The highest BCUT2D eigenvalue weighted by Crippen LogP contribution is 2.28. The van der Waals surface area contributed by atoms with Crippen LogP contribution in [0.3, 0.4) is 0 Å². The number of rotatable bonds is 5. The molecule has 19 heavy (non-hydrogen) atoms. The Kier molecular flexibility index (Phi) is 4.79. The van der Waals surface area contributed by atoms with Gasteiger partial charge in [0.2, 0.25) is 0 Å². The standard InChI is InChI=1S/C19H24/c1-4-6-16-9-13-18(14-10-16)19(5-2)17-11-7-15(3)8-12-17/h7-14,19H,4-6H2,1-3H3. The van der Waals surface area contributed by atoms with Crippen molar-refractivity contribution in [2.24, 2.45) is 0 Å². The summed E-state index contributed by atoms with van der Waals surface area (Å²) in [5.74, 6) is 0.524. The van der Waals surface area contributed by atoms with Crippen molar-refractivity contribution in [3.63, 3.8) is 0 Å². The molecule has 0 bridgehead atoms. The highest BCUT2D eigenvalue weighted by atomic mass is 14.2. The van der Waals surface area contributed by atoms with Crippen molar-refractivity contribution in [3.8, 4) is 0 Å². The first-order valence-electron chi connectivity index (χ1n) is 7.40. The molecule has 0 aromatic heterocycles. The molecule has 0 aliphatic heterocycles. The third-order valence-corrected chi connectivity index (χ3v) is 3.81. The van der Waals surface area contributed by atoms with Gasteiger partial charge in [-0.3, -0.25) is 0 Å². The van der Waals surface area contributed by atoms with Crippen molar-refractivity contribution in [1.29, 1.82) is 0 Å². The van der Waals surface area contributed by atoms with Gasteiger partial charge in [0.25, 0.3) is 0 Å². The monoisotopic (exact) mass is 252 g/mol. The summed E-state index contributed by atoms with van der Waals surface area (Å²) in [6, 6.07) is 18.1. The molecule has 0 aliphatic carbocycles. The van der Waals surface area contributed by atoms with Gasteiger partial charge in [0.05, 0.1) is 0 Å². The van der Waals surface area contributed by atoms with Gasteiger partial charge in [0.15, 0.2) is 0 Å². The summed E-state index contributed by atoms with van der Waals surface area (Å²) in [6.07, 6.45) is 3.55. The van der Waals surface area contributed by atoms with Crippen LogP contribution in [0.5, 0.6) is 0 Å². The predicted molar refractivity (Wildman–Crippen MR) is 83.8 cm³/mol. The van der Waals surface area contributed by atoms with Crippen LogP contribution in [0, 0.1) is 6.92 Å². The molecule has 2 rings (SSSR count). The van der Waals surface area contributed by atoms with Crippen LogP contribution in [-0.2, 0) is 6.42 Å². The molecule has 0 fully saturated rings. The van der Waals surface area contributed by atoms with Gasteiger partial charge >= 0.3 is 0 Å². The van der Waals surface area contributed by atoms with Gasteiger partial charge in [-0.15, -0.1) is 0 Å². The van der Waals surface area contributed by atoms with E-state index < -0.39 is 0 Å². The Morgan fingerprint density at radius 2 is 1.32 bits per heavy atom. The fraction of sp³-hybridized carbons (Fsp3) is 0.368. The Morgan fingerprint density at radius 1 is 0.789 bits per heavy atom. The molecule has 1 unspecified atom stereocenters. The summed E-state index contributed by atoms with van der Waals surface area (Å²) in [6.45, 7) is 6.64. The smallest absolute Gasteiger partial charge is 0.00867 e. The third-order valence-electron chi connectivity index (χ3n) is 3.81. The molecule has 0 saturated carbocycles. The zero-order valence-electron chi connectivity index (χ0n) is 12.3. The van der Waals surface area contributed by atoms with E-state index in [9.17, 15) is 0 Å². The first-order valence-corrected chi connectivity index (χ1v) is 7.40. The van der Waals surface area contributed by atoms with E-state index in [2.05, 4.69) is 69.3 Å². The largest absolute Gasteiger partial charge is 0.0651 e. The normalized spacial score (nSPS) is 12.4. The van der Waals surface area contributed by atoms with Gasteiger partial charge in [0.1, 0.15) is 0 Å². The van der Waals surface area contributed by atoms with Crippen molar-refractivity contribution in [2.75, 3.05) is 0 Å². The van der Waals surface area contributed by atoms with Gasteiger partial charge in [0, 0.05) is 5.92 Å². The van der Waals surface area contributed by atoms with Crippen LogP contribution >= 0.6 is 0 Å². The van der Waals surface area contributed by atoms with E-state index in [0.29, 0.717) is 5.92 Å². The van der Waals surface area contributed by atoms with Crippen molar-refractivity contribution in [3.05, 3.63) is 70.8 Å². The van der Waals surface area contributed by atoms with Crippen molar-refractivity contribution in [2.45, 2.75) is 46.0 Å². The van der Waals surface area contributed by atoms with E-state index in [0.717, 1.165) is 6.42 Å². The van der Waals surface area contributed by atoms with Gasteiger partial charge in [-0.25, -0.2) is 0 Å². The molecule has 0 saturated heterocycles. The SMILES string of the molecule is CCCc1ccc(C(CC)c2ccc(C)cc2)cc1. The zero-order chi connectivity index (χ0) is 13.7. The molecule has 2 aromatic rings. The lowest BCUT2D eigenvalue weighted by molar-refractivity contribution is 0.775. The maximum Gasteiger partial charge on any atom is 0.00867 e. The van der Waals surface area contributed by atoms with E-state index in [1.54, 1.807) is 0 Å². The van der Waals surface area contributed by atoms with E-state index in [1.807, 2.05) is 0 Å². The molecule has 0 radical (unpaired) electrons. The van der Waals surface area contributed by atoms with Gasteiger partial charge in [-0.1, -0.05) is 74.4 Å². The minimum atomic E-state index is 0.524. The Labute approximate surface area is 117 Å². The summed E-state index contributed by atoms with van der Waals surface area (Å²) in [7, 11) is 0. The van der Waals surface area contributed by atoms with Crippen molar-refractivity contribution < 1.29 is 0 Å². The average Bonchev–Trinajstić information content (AvgIpc) is 2.44. The van der Waals surface area contributed by atoms with E-state index in [4.69, 9.17) is 0 Å². The Bertz CT molecular complexity index is 491. The van der Waals surface area contributed by atoms with Gasteiger partial charge in [-0.05, 0) is 36.5 Å². The summed E-state index contributed by atoms with van der Waals surface area (Å²) in [5.41, 5.74) is 5.64. The van der Waals surface area contributed by atoms with Gasteiger partial charge < -0.3 is 0 Å². The molecule has 2 aromatic carbocycles. The minimum absolute atomic E-state index is 0.524. The van der Waals surface area contributed by atoms with Crippen LogP contribution in [0.1, 0.15) is 54.9 Å². The second kappa shape index (κ2) is 6.56. The summed E-state index contributed by atoms with van der Waals surface area (Å²) >= 11 is 0. The highest BCUT2D eigenvalue weighted by molar-refractivity contribution is 5.35. The van der Waals surface area contributed by atoms with Crippen molar-refractivity contribution >= 4 is 0 Å². The quantitative estimate of drug-likeness (QED) is 0.660. The van der Waals surface area contributed by atoms with Crippen LogP contribution in [-0.4, -0.2) is 0 Å². The molecule has 0 aliphatic rings. The summed E-state index contributed by atoms with van der Waals surface area (Å²) in [5, 5.41) is 0. The fourth-order valence-electron chi connectivity index (χ4n) is 2.67. The minimum Gasteiger partial charge on any atom is -0.0651 e. The van der Waals surface area contributed by atoms with Gasteiger partial charge in [-0.2, -0.15) is 0 Å². The highest BCUT2D eigenvalue weighted by Gasteiger charge is 2.11. The number of aryl methyl sites for hydroxylation is 2. The molecule has 0 nitrogen and oxygen atoms in total. The Hall–Kier alpha value is -1.56. The lowest BCUT2D eigenvalue weighted by Gasteiger charge is -2.16. The van der Waals surface area contributed by atoms with E-state index in [-0.39, 0.29) is 0 Å². The van der Waals surface area contributed by atoms with Crippen LogP contribution in [0.2, 0.25) is 0 Å². The number of benzene rings is 2. The average molecular weight is 252 g/mol. The second-order valence-electron chi connectivity index (χ2n) is 5.36. The molecule has 0 spiro atoms. The first-order chi connectivity index (χ1) is 9.24. The molecule has 0 heterocycles. The number of hydrogen-bond donors (Lipinski definition) is 0. The van der Waals surface area contributed by atoms with Crippen LogP contribution in [0.25, 0.3) is 0 Å². The second-order valence-corrected chi connectivity index (χ2v) is 5.36. The number of hydrogen-bond acceptors (Lipinski definition) is 0. The Balaban J connectivity index is 2.23. The zero-order valence-corrected chi connectivity index (χ0v) is 12.3. The molecular weight excluding hydrogens is 228 g/mol. The molecule has 0 heteroatoms.